The van der Waals surface area contributed by atoms with Crippen LogP contribution in [0.15, 0.2) is 53.1 Å². The van der Waals surface area contributed by atoms with Gasteiger partial charge in [0.05, 0.1) is 17.4 Å². The molecular formula is C18H14F2N2O3. The van der Waals surface area contributed by atoms with Gasteiger partial charge in [-0.1, -0.05) is 18.2 Å². The second kappa shape index (κ2) is 7.12. The predicted molar refractivity (Wildman–Crippen MR) is 86.9 cm³/mol. The van der Waals surface area contributed by atoms with Crippen molar-refractivity contribution < 1.29 is 23.1 Å². The van der Waals surface area contributed by atoms with Crippen molar-refractivity contribution in [3.05, 3.63) is 66.2 Å². The second-order valence-corrected chi connectivity index (χ2v) is 5.28. The molecule has 7 heteroatoms. The Hall–Kier alpha value is -3.22. The van der Waals surface area contributed by atoms with Gasteiger partial charge < -0.3 is 14.8 Å². The zero-order valence-electron chi connectivity index (χ0n) is 13.0. The minimum absolute atomic E-state index is 0.0355. The maximum absolute atomic E-state index is 13.7. The van der Waals surface area contributed by atoms with Crippen molar-refractivity contribution in [2.24, 2.45) is 0 Å². The highest BCUT2D eigenvalue weighted by atomic mass is 19.1. The van der Waals surface area contributed by atoms with Gasteiger partial charge in [0.2, 0.25) is 5.91 Å². The molecule has 2 N–H and O–H groups in total. The number of nitrogens with zero attached hydrogens (tertiary/aromatic N) is 1. The van der Waals surface area contributed by atoms with E-state index < -0.39 is 11.6 Å². The van der Waals surface area contributed by atoms with Gasteiger partial charge in [-0.2, -0.15) is 0 Å². The predicted octanol–water partition coefficient (Wildman–Crippen LogP) is 3.90. The smallest absolute Gasteiger partial charge is 0.224 e. The molecule has 0 unspecified atom stereocenters. The van der Waals surface area contributed by atoms with Gasteiger partial charge in [0.15, 0.2) is 11.7 Å². The Morgan fingerprint density at radius 1 is 1.12 bits per heavy atom. The topological polar surface area (TPSA) is 75.4 Å². The summed E-state index contributed by atoms with van der Waals surface area (Å²) in [5.74, 6) is -1.74. The summed E-state index contributed by atoms with van der Waals surface area (Å²) in [5, 5.41) is 12.2. The molecule has 3 aromatic rings. The monoisotopic (exact) mass is 344 g/mol. The number of anilines is 1. The van der Waals surface area contributed by atoms with E-state index in [1.54, 1.807) is 18.2 Å². The third-order valence-corrected chi connectivity index (χ3v) is 3.51. The van der Waals surface area contributed by atoms with E-state index >= 15 is 0 Å². The number of halogens is 2. The number of phenolic OH excluding ortho intramolecular Hbond substituents is 1. The first-order valence-electron chi connectivity index (χ1n) is 7.51. The molecule has 0 radical (unpaired) electrons. The molecule has 0 bridgehead atoms. The highest BCUT2D eigenvalue weighted by molar-refractivity contribution is 5.92. The Morgan fingerprint density at radius 3 is 2.56 bits per heavy atom. The number of oxazole rings is 1. The number of benzene rings is 2. The third-order valence-electron chi connectivity index (χ3n) is 3.51. The van der Waals surface area contributed by atoms with Crippen LogP contribution in [-0.2, 0) is 11.2 Å². The number of nitrogens with one attached hydrogen (secondary N) is 1. The van der Waals surface area contributed by atoms with Gasteiger partial charge in [-0.05, 0) is 24.3 Å². The molecule has 1 amide bonds. The summed E-state index contributed by atoms with van der Waals surface area (Å²) >= 11 is 0. The molecule has 0 aliphatic heterocycles. The molecule has 1 heterocycles. The average Bonchev–Trinajstić information content (AvgIpc) is 3.04. The lowest BCUT2D eigenvalue weighted by atomic mass is 10.1. The summed E-state index contributed by atoms with van der Waals surface area (Å²) < 4.78 is 32.8. The van der Waals surface area contributed by atoms with Gasteiger partial charge in [-0.25, -0.2) is 13.8 Å². The number of carbonyl (C=O) groups is 1. The fraction of sp³-hybridized carbons (Fsp3) is 0.111. The largest absolute Gasteiger partial charge is 0.506 e. The molecule has 0 spiro atoms. The summed E-state index contributed by atoms with van der Waals surface area (Å²) in [6.07, 6.45) is 1.40. The first kappa shape index (κ1) is 16.6. The molecule has 3 rings (SSSR count). The van der Waals surface area contributed by atoms with Gasteiger partial charge in [0.1, 0.15) is 17.4 Å². The second-order valence-electron chi connectivity index (χ2n) is 5.28. The number of aryl methyl sites for hydroxylation is 1. The van der Waals surface area contributed by atoms with E-state index in [2.05, 4.69) is 10.3 Å². The first-order chi connectivity index (χ1) is 12.0. The minimum atomic E-state index is -0.750. The Labute approximate surface area is 141 Å². The van der Waals surface area contributed by atoms with E-state index in [0.29, 0.717) is 5.69 Å². The first-order valence-corrected chi connectivity index (χ1v) is 7.51. The standard InChI is InChI=1S/C18H14F2N2O3/c19-11-4-3-5-12(20)18(11)15-10-21-17(25-15)9-8-16(24)22-13-6-1-2-7-14(13)23/h1-7,10,23H,8-9H2,(H,22,24). The van der Waals surface area contributed by atoms with Gasteiger partial charge in [0.25, 0.3) is 0 Å². The SMILES string of the molecule is O=C(CCc1ncc(-c2c(F)cccc2F)o1)Nc1ccccc1O. The van der Waals surface area contributed by atoms with Crippen molar-refractivity contribution in [2.75, 3.05) is 5.32 Å². The maximum atomic E-state index is 13.7. The molecule has 128 valence electrons. The molecule has 5 nitrogen and oxygen atoms in total. The van der Waals surface area contributed by atoms with Crippen molar-refractivity contribution in [1.82, 2.24) is 4.98 Å². The molecule has 25 heavy (non-hydrogen) atoms. The van der Waals surface area contributed by atoms with Crippen molar-refractivity contribution in [3.63, 3.8) is 0 Å². The molecule has 1 aromatic heterocycles. The van der Waals surface area contributed by atoms with Crippen molar-refractivity contribution in [2.45, 2.75) is 12.8 Å². The van der Waals surface area contributed by atoms with Crippen LogP contribution in [0.2, 0.25) is 0 Å². The molecular weight excluding hydrogens is 330 g/mol. The fourth-order valence-electron chi connectivity index (χ4n) is 2.29. The minimum Gasteiger partial charge on any atom is -0.506 e. The molecule has 0 saturated heterocycles. The van der Waals surface area contributed by atoms with Crippen LogP contribution in [0.25, 0.3) is 11.3 Å². The third kappa shape index (κ3) is 3.82. The van der Waals surface area contributed by atoms with Crippen LogP contribution in [0.5, 0.6) is 5.75 Å². The molecule has 2 aromatic carbocycles. The molecule has 0 fully saturated rings. The fourth-order valence-corrected chi connectivity index (χ4v) is 2.29. The van der Waals surface area contributed by atoms with Gasteiger partial charge in [0, 0.05) is 12.8 Å². The van der Waals surface area contributed by atoms with Crippen LogP contribution in [0.4, 0.5) is 14.5 Å². The van der Waals surface area contributed by atoms with Crippen molar-refractivity contribution in [1.29, 1.82) is 0 Å². The van der Waals surface area contributed by atoms with E-state index in [4.69, 9.17) is 4.42 Å². The van der Waals surface area contributed by atoms with Gasteiger partial charge in [-0.15, -0.1) is 0 Å². The quantitative estimate of drug-likeness (QED) is 0.689. The van der Waals surface area contributed by atoms with E-state index in [-0.39, 0.29) is 41.7 Å². The summed E-state index contributed by atoms with van der Waals surface area (Å²) in [7, 11) is 0. The Kier molecular flexibility index (Phi) is 4.74. The van der Waals surface area contributed by atoms with Crippen molar-refractivity contribution >= 4 is 11.6 Å². The van der Waals surface area contributed by atoms with Crippen LogP contribution in [0.1, 0.15) is 12.3 Å². The van der Waals surface area contributed by atoms with E-state index in [0.717, 1.165) is 12.1 Å². The lowest BCUT2D eigenvalue weighted by Gasteiger charge is -2.06. The summed E-state index contributed by atoms with van der Waals surface area (Å²) in [6.45, 7) is 0. The van der Waals surface area contributed by atoms with Crippen LogP contribution in [0, 0.1) is 11.6 Å². The van der Waals surface area contributed by atoms with E-state index in [1.165, 1.54) is 18.3 Å². The van der Waals surface area contributed by atoms with Gasteiger partial charge in [-0.3, -0.25) is 4.79 Å². The number of phenols is 1. The Morgan fingerprint density at radius 2 is 1.84 bits per heavy atom. The van der Waals surface area contributed by atoms with E-state index in [1.807, 2.05) is 0 Å². The van der Waals surface area contributed by atoms with Crippen LogP contribution >= 0.6 is 0 Å². The number of aromatic hydroxyl groups is 1. The van der Waals surface area contributed by atoms with Crippen LogP contribution in [0.3, 0.4) is 0 Å². The Balaban J connectivity index is 1.64. The number of rotatable bonds is 5. The number of para-hydroxylation sites is 2. The normalized spacial score (nSPS) is 10.6. The summed E-state index contributed by atoms with van der Waals surface area (Å²) in [5.41, 5.74) is 0.00827. The zero-order valence-corrected chi connectivity index (χ0v) is 13.0. The molecule has 0 atom stereocenters. The lowest BCUT2D eigenvalue weighted by Crippen LogP contribution is -2.12. The highest BCUT2D eigenvalue weighted by Crippen LogP contribution is 2.27. The molecule has 0 saturated carbocycles. The highest BCUT2D eigenvalue weighted by Gasteiger charge is 2.16. The lowest BCUT2D eigenvalue weighted by molar-refractivity contribution is -0.116. The van der Waals surface area contributed by atoms with Crippen molar-refractivity contribution in [3.8, 4) is 17.1 Å². The maximum Gasteiger partial charge on any atom is 0.224 e. The number of carbonyl (C=O) groups excluding carboxylic acids is 1. The average molecular weight is 344 g/mol. The molecule has 0 aliphatic rings. The number of amides is 1. The number of aromatic nitrogens is 1. The Bertz CT molecular complexity index is 889. The number of hydrogen-bond donors (Lipinski definition) is 2. The molecule has 0 aliphatic carbocycles. The summed E-state index contributed by atoms with van der Waals surface area (Å²) in [4.78, 5) is 15.9. The van der Waals surface area contributed by atoms with Crippen LogP contribution in [-0.4, -0.2) is 16.0 Å². The zero-order chi connectivity index (χ0) is 17.8. The van der Waals surface area contributed by atoms with E-state index in [9.17, 15) is 18.7 Å². The van der Waals surface area contributed by atoms with Gasteiger partial charge >= 0.3 is 0 Å². The number of hydrogen-bond acceptors (Lipinski definition) is 4. The van der Waals surface area contributed by atoms with Crippen LogP contribution < -0.4 is 5.32 Å². The summed E-state index contributed by atoms with van der Waals surface area (Å²) in [6, 6.07) is 9.85.